The van der Waals surface area contributed by atoms with Gasteiger partial charge in [-0.3, -0.25) is 4.99 Å². The van der Waals surface area contributed by atoms with Crippen molar-refractivity contribution < 1.29 is 4.74 Å². The molecule has 1 aliphatic heterocycles. The van der Waals surface area contributed by atoms with Gasteiger partial charge in [0.1, 0.15) is 5.82 Å². The van der Waals surface area contributed by atoms with Gasteiger partial charge in [-0.15, -0.1) is 0 Å². The van der Waals surface area contributed by atoms with Crippen LogP contribution in [0.2, 0.25) is 0 Å². The molecule has 1 saturated heterocycles. The first-order chi connectivity index (χ1) is 12.7. The predicted octanol–water partition coefficient (Wildman–Crippen LogP) is 2.28. The molecule has 0 aliphatic carbocycles. The van der Waals surface area contributed by atoms with Crippen LogP contribution < -0.4 is 5.32 Å². The van der Waals surface area contributed by atoms with E-state index in [1.54, 1.807) is 7.11 Å². The Labute approximate surface area is 155 Å². The molecule has 6 heteroatoms. The number of nitrogens with one attached hydrogen (secondary N) is 1. The normalized spacial score (nSPS) is 17.7. The summed E-state index contributed by atoms with van der Waals surface area (Å²) in [4.78, 5) is 11.1. The van der Waals surface area contributed by atoms with E-state index in [2.05, 4.69) is 49.0 Å². The molecule has 1 fully saturated rings. The third-order valence-electron chi connectivity index (χ3n) is 4.92. The highest BCUT2D eigenvalue weighted by Gasteiger charge is 2.24. The number of aliphatic imine (C=N–C) groups is 1. The molecule has 2 heterocycles. The van der Waals surface area contributed by atoms with Crippen molar-refractivity contribution in [2.24, 2.45) is 10.9 Å². The fraction of sp³-hybridized carbons (Fsp3) is 0.500. The SMILES string of the molecule is CN=C(NCc1cccc(Cn2ccnc2C)c1)N1CCC(COC)C1. The predicted molar refractivity (Wildman–Crippen MR) is 104 cm³/mol. The molecular weight excluding hydrogens is 326 g/mol. The Morgan fingerprint density at radius 1 is 1.38 bits per heavy atom. The number of guanidine groups is 1. The van der Waals surface area contributed by atoms with E-state index in [4.69, 9.17) is 4.74 Å². The van der Waals surface area contributed by atoms with Crippen molar-refractivity contribution in [3.8, 4) is 0 Å². The smallest absolute Gasteiger partial charge is 0.193 e. The lowest BCUT2D eigenvalue weighted by atomic mass is 10.1. The maximum atomic E-state index is 5.29. The lowest BCUT2D eigenvalue weighted by Gasteiger charge is -2.22. The van der Waals surface area contributed by atoms with E-state index in [0.717, 1.165) is 51.0 Å². The zero-order chi connectivity index (χ0) is 18.4. The summed E-state index contributed by atoms with van der Waals surface area (Å²) in [6.07, 6.45) is 5.03. The number of hydrogen-bond acceptors (Lipinski definition) is 3. The van der Waals surface area contributed by atoms with E-state index in [0.29, 0.717) is 5.92 Å². The molecule has 0 amide bonds. The Morgan fingerprint density at radius 3 is 2.96 bits per heavy atom. The second kappa shape index (κ2) is 8.85. The highest BCUT2D eigenvalue weighted by molar-refractivity contribution is 5.80. The molecule has 1 atom stereocenters. The maximum Gasteiger partial charge on any atom is 0.193 e. The van der Waals surface area contributed by atoms with E-state index in [9.17, 15) is 0 Å². The molecule has 3 rings (SSSR count). The fourth-order valence-electron chi connectivity index (χ4n) is 3.52. The van der Waals surface area contributed by atoms with Gasteiger partial charge in [0.25, 0.3) is 0 Å². The Morgan fingerprint density at radius 2 is 2.23 bits per heavy atom. The minimum absolute atomic E-state index is 0.597. The van der Waals surface area contributed by atoms with Crippen LogP contribution in [-0.4, -0.2) is 54.3 Å². The van der Waals surface area contributed by atoms with E-state index in [1.807, 2.05) is 26.4 Å². The number of rotatable bonds is 6. The van der Waals surface area contributed by atoms with Gasteiger partial charge >= 0.3 is 0 Å². The number of ether oxygens (including phenoxy) is 1. The van der Waals surface area contributed by atoms with Crippen molar-refractivity contribution in [2.45, 2.75) is 26.4 Å². The summed E-state index contributed by atoms with van der Waals surface area (Å²) in [6, 6.07) is 8.68. The number of nitrogens with zero attached hydrogens (tertiary/aromatic N) is 4. The van der Waals surface area contributed by atoms with Crippen LogP contribution >= 0.6 is 0 Å². The van der Waals surface area contributed by atoms with Gasteiger partial charge in [-0.05, 0) is 24.5 Å². The summed E-state index contributed by atoms with van der Waals surface area (Å²) in [5, 5.41) is 3.50. The zero-order valence-corrected chi connectivity index (χ0v) is 16.0. The van der Waals surface area contributed by atoms with Gasteiger partial charge in [-0.1, -0.05) is 24.3 Å². The van der Waals surface area contributed by atoms with Crippen LogP contribution in [0.25, 0.3) is 0 Å². The maximum absolute atomic E-state index is 5.29. The van der Waals surface area contributed by atoms with Crippen LogP contribution in [0.5, 0.6) is 0 Å². The lowest BCUT2D eigenvalue weighted by Crippen LogP contribution is -2.39. The van der Waals surface area contributed by atoms with Crippen molar-refractivity contribution in [1.82, 2.24) is 19.8 Å². The first kappa shape index (κ1) is 18.5. The summed E-state index contributed by atoms with van der Waals surface area (Å²) < 4.78 is 7.45. The topological polar surface area (TPSA) is 54.7 Å². The van der Waals surface area contributed by atoms with Crippen LogP contribution in [-0.2, 0) is 17.8 Å². The molecular formula is C20H29N5O. The van der Waals surface area contributed by atoms with Crippen LogP contribution in [0.1, 0.15) is 23.4 Å². The van der Waals surface area contributed by atoms with Gasteiger partial charge in [-0.25, -0.2) is 4.98 Å². The van der Waals surface area contributed by atoms with Crippen LogP contribution in [0.4, 0.5) is 0 Å². The quantitative estimate of drug-likeness (QED) is 0.638. The number of aryl methyl sites for hydroxylation is 1. The molecule has 1 aliphatic rings. The van der Waals surface area contributed by atoms with E-state index in [-0.39, 0.29) is 0 Å². The second-order valence-electron chi connectivity index (χ2n) is 6.88. The highest BCUT2D eigenvalue weighted by Crippen LogP contribution is 2.16. The first-order valence-corrected chi connectivity index (χ1v) is 9.19. The molecule has 140 valence electrons. The fourth-order valence-corrected chi connectivity index (χ4v) is 3.52. The summed E-state index contributed by atoms with van der Waals surface area (Å²) in [5.74, 6) is 2.60. The number of hydrogen-bond donors (Lipinski definition) is 1. The van der Waals surface area contributed by atoms with Gasteiger partial charge in [-0.2, -0.15) is 0 Å². The molecule has 1 aromatic heterocycles. The van der Waals surface area contributed by atoms with Crippen molar-refractivity contribution >= 4 is 5.96 Å². The molecule has 0 radical (unpaired) electrons. The van der Waals surface area contributed by atoms with Gasteiger partial charge in [0.05, 0.1) is 6.61 Å². The third kappa shape index (κ3) is 4.64. The first-order valence-electron chi connectivity index (χ1n) is 9.19. The number of likely N-dealkylation sites (tertiary alicyclic amines) is 1. The Balaban J connectivity index is 1.57. The van der Waals surface area contributed by atoms with E-state index >= 15 is 0 Å². The summed E-state index contributed by atoms with van der Waals surface area (Å²) in [5.41, 5.74) is 2.54. The molecule has 2 aromatic rings. The minimum Gasteiger partial charge on any atom is -0.384 e. The summed E-state index contributed by atoms with van der Waals surface area (Å²) >= 11 is 0. The second-order valence-corrected chi connectivity index (χ2v) is 6.88. The number of aromatic nitrogens is 2. The molecule has 0 spiro atoms. The van der Waals surface area contributed by atoms with Crippen LogP contribution in [0, 0.1) is 12.8 Å². The van der Waals surface area contributed by atoms with Crippen molar-refractivity contribution in [1.29, 1.82) is 0 Å². The molecule has 0 saturated carbocycles. The summed E-state index contributed by atoms with van der Waals surface area (Å²) in [6.45, 7) is 6.51. The third-order valence-corrected chi connectivity index (χ3v) is 4.92. The summed E-state index contributed by atoms with van der Waals surface area (Å²) in [7, 11) is 3.62. The largest absolute Gasteiger partial charge is 0.384 e. The molecule has 1 unspecified atom stereocenters. The minimum atomic E-state index is 0.597. The average molecular weight is 355 g/mol. The van der Waals surface area contributed by atoms with Crippen LogP contribution in [0.3, 0.4) is 0 Å². The number of methoxy groups -OCH3 is 1. The van der Waals surface area contributed by atoms with E-state index < -0.39 is 0 Å². The Kier molecular flexibility index (Phi) is 6.28. The Bertz CT molecular complexity index is 739. The van der Waals surface area contributed by atoms with Crippen molar-refractivity contribution in [3.05, 3.63) is 53.6 Å². The Hall–Kier alpha value is -2.34. The standard InChI is InChI=1S/C20H29N5O/c1-16-22-8-10-24(16)13-18-6-4-5-17(11-18)12-23-20(21-2)25-9-7-19(14-25)15-26-3/h4-6,8,10-11,19H,7,9,12-15H2,1-3H3,(H,21,23). The zero-order valence-electron chi connectivity index (χ0n) is 16.0. The van der Waals surface area contributed by atoms with E-state index in [1.165, 1.54) is 11.1 Å². The van der Waals surface area contributed by atoms with Gasteiger partial charge in [0.15, 0.2) is 5.96 Å². The number of imidazole rings is 1. The van der Waals surface area contributed by atoms with Crippen molar-refractivity contribution in [2.75, 3.05) is 33.9 Å². The monoisotopic (exact) mass is 355 g/mol. The molecule has 1 N–H and O–H groups in total. The number of benzene rings is 1. The molecule has 0 bridgehead atoms. The molecule has 6 nitrogen and oxygen atoms in total. The van der Waals surface area contributed by atoms with Crippen LogP contribution in [0.15, 0.2) is 41.7 Å². The van der Waals surface area contributed by atoms with Gasteiger partial charge in [0, 0.05) is 58.6 Å². The van der Waals surface area contributed by atoms with Crippen molar-refractivity contribution in [3.63, 3.8) is 0 Å². The highest BCUT2D eigenvalue weighted by atomic mass is 16.5. The lowest BCUT2D eigenvalue weighted by molar-refractivity contribution is 0.157. The molecule has 1 aromatic carbocycles. The van der Waals surface area contributed by atoms with Gasteiger partial charge in [0.2, 0.25) is 0 Å². The van der Waals surface area contributed by atoms with Gasteiger partial charge < -0.3 is 19.5 Å². The molecule has 26 heavy (non-hydrogen) atoms. The average Bonchev–Trinajstić information content (AvgIpc) is 3.26.